The van der Waals surface area contributed by atoms with E-state index in [4.69, 9.17) is 0 Å². The van der Waals surface area contributed by atoms with Crippen molar-refractivity contribution in [1.82, 2.24) is 14.9 Å². The van der Waals surface area contributed by atoms with Gasteiger partial charge in [0.25, 0.3) is 0 Å². The predicted molar refractivity (Wildman–Crippen MR) is 76.3 cm³/mol. The van der Waals surface area contributed by atoms with Gasteiger partial charge in [-0.3, -0.25) is 0 Å². The molecule has 0 spiro atoms. The first kappa shape index (κ1) is 12.6. The summed E-state index contributed by atoms with van der Waals surface area (Å²) in [5, 5.41) is 13.9. The van der Waals surface area contributed by atoms with Crippen molar-refractivity contribution >= 4 is 11.0 Å². The zero-order valence-corrected chi connectivity index (χ0v) is 11.6. The van der Waals surface area contributed by atoms with E-state index < -0.39 is 5.60 Å². The number of aryl methyl sites for hydroxylation is 2. The molecular weight excluding hydrogens is 238 g/mol. The van der Waals surface area contributed by atoms with Gasteiger partial charge < -0.3 is 15.0 Å². The maximum absolute atomic E-state index is 10.6. The van der Waals surface area contributed by atoms with E-state index in [0.717, 1.165) is 37.0 Å². The summed E-state index contributed by atoms with van der Waals surface area (Å²) in [4.78, 5) is 4.45. The molecule has 0 saturated carbocycles. The van der Waals surface area contributed by atoms with Crippen molar-refractivity contribution in [2.75, 3.05) is 13.1 Å². The maximum Gasteiger partial charge on any atom is 0.0959 e. The molecule has 1 aromatic carbocycles. The lowest BCUT2D eigenvalue weighted by atomic mass is 9.92. The molecule has 4 heteroatoms. The minimum Gasteiger partial charge on any atom is -0.388 e. The van der Waals surface area contributed by atoms with Gasteiger partial charge in [0.05, 0.1) is 29.5 Å². The molecule has 3 rings (SSSR count). The molecule has 0 unspecified atom stereocenters. The van der Waals surface area contributed by atoms with Crippen LogP contribution in [0.3, 0.4) is 0 Å². The summed E-state index contributed by atoms with van der Waals surface area (Å²) in [5.41, 5.74) is 4.07. The number of hydrogen-bond donors (Lipinski definition) is 2. The molecule has 2 aromatic rings. The Hall–Kier alpha value is -1.39. The van der Waals surface area contributed by atoms with Crippen molar-refractivity contribution in [2.24, 2.45) is 0 Å². The van der Waals surface area contributed by atoms with Crippen LogP contribution < -0.4 is 5.32 Å². The fourth-order valence-electron chi connectivity index (χ4n) is 2.81. The molecule has 0 amide bonds. The van der Waals surface area contributed by atoms with Crippen LogP contribution in [0.5, 0.6) is 0 Å². The Bertz CT molecular complexity index is 597. The van der Waals surface area contributed by atoms with Gasteiger partial charge in [0.15, 0.2) is 0 Å². The normalized spacial score (nSPS) is 18.9. The first-order chi connectivity index (χ1) is 9.07. The van der Waals surface area contributed by atoms with E-state index in [2.05, 4.69) is 40.8 Å². The van der Waals surface area contributed by atoms with Crippen molar-refractivity contribution in [2.45, 2.75) is 38.8 Å². The molecule has 102 valence electrons. The van der Waals surface area contributed by atoms with Gasteiger partial charge in [0, 0.05) is 0 Å². The van der Waals surface area contributed by atoms with Gasteiger partial charge in [0.2, 0.25) is 0 Å². The van der Waals surface area contributed by atoms with Gasteiger partial charge in [-0.15, -0.1) is 0 Å². The molecule has 1 saturated heterocycles. The Morgan fingerprint density at radius 3 is 2.68 bits per heavy atom. The molecule has 4 nitrogen and oxygen atoms in total. The van der Waals surface area contributed by atoms with Crippen LogP contribution in [0.25, 0.3) is 11.0 Å². The fourth-order valence-corrected chi connectivity index (χ4v) is 2.81. The molecule has 0 atom stereocenters. The number of imidazole rings is 1. The summed E-state index contributed by atoms with van der Waals surface area (Å²) < 4.78 is 2.09. The lowest BCUT2D eigenvalue weighted by Crippen LogP contribution is -2.44. The van der Waals surface area contributed by atoms with Gasteiger partial charge in [-0.2, -0.15) is 0 Å². The maximum atomic E-state index is 10.6. The minimum absolute atomic E-state index is 0.600. The van der Waals surface area contributed by atoms with E-state index in [0.29, 0.717) is 6.54 Å². The second kappa shape index (κ2) is 4.62. The number of nitrogens with zero attached hydrogens (tertiary/aromatic N) is 2. The first-order valence-corrected chi connectivity index (χ1v) is 6.93. The molecule has 0 aliphatic carbocycles. The molecule has 1 aromatic heterocycles. The molecule has 1 aliphatic rings. The zero-order chi connectivity index (χ0) is 13.5. The van der Waals surface area contributed by atoms with E-state index in [-0.39, 0.29) is 0 Å². The molecule has 0 bridgehead atoms. The number of aliphatic hydroxyl groups is 1. The van der Waals surface area contributed by atoms with Crippen molar-refractivity contribution in [3.05, 3.63) is 29.6 Å². The predicted octanol–water partition coefficient (Wildman–Crippen LogP) is 1.77. The lowest BCUT2D eigenvalue weighted by Gasteiger charge is -2.33. The van der Waals surface area contributed by atoms with Crippen molar-refractivity contribution in [1.29, 1.82) is 0 Å². The van der Waals surface area contributed by atoms with Crippen LogP contribution in [0.4, 0.5) is 0 Å². The van der Waals surface area contributed by atoms with E-state index in [9.17, 15) is 5.11 Å². The van der Waals surface area contributed by atoms with E-state index in [1.54, 1.807) is 0 Å². The topological polar surface area (TPSA) is 50.1 Å². The molecule has 1 aliphatic heterocycles. The van der Waals surface area contributed by atoms with Crippen molar-refractivity contribution in [3.63, 3.8) is 0 Å². The average Bonchev–Trinajstić information content (AvgIpc) is 2.73. The summed E-state index contributed by atoms with van der Waals surface area (Å²) in [7, 11) is 0. The Kier molecular flexibility index (Phi) is 3.07. The Balaban J connectivity index is 1.94. The van der Waals surface area contributed by atoms with Crippen LogP contribution >= 0.6 is 0 Å². The smallest absolute Gasteiger partial charge is 0.0959 e. The highest BCUT2D eigenvalue weighted by Gasteiger charge is 2.29. The monoisotopic (exact) mass is 259 g/mol. The Labute approximate surface area is 113 Å². The van der Waals surface area contributed by atoms with Crippen LogP contribution in [-0.4, -0.2) is 33.3 Å². The number of hydrogen-bond acceptors (Lipinski definition) is 3. The summed E-state index contributed by atoms with van der Waals surface area (Å²) in [6.07, 6.45) is 3.46. The van der Waals surface area contributed by atoms with Crippen molar-refractivity contribution in [3.8, 4) is 0 Å². The summed E-state index contributed by atoms with van der Waals surface area (Å²) >= 11 is 0. The number of fused-ring (bicyclic) bond motifs is 1. The Morgan fingerprint density at radius 2 is 1.95 bits per heavy atom. The van der Waals surface area contributed by atoms with Crippen LogP contribution in [0.15, 0.2) is 18.5 Å². The summed E-state index contributed by atoms with van der Waals surface area (Å²) in [5.74, 6) is 0. The third-order valence-electron chi connectivity index (χ3n) is 4.24. The highest BCUT2D eigenvalue weighted by Crippen LogP contribution is 2.24. The van der Waals surface area contributed by atoms with Crippen LogP contribution in [0, 0.1) is 13.8 Å². The number of aromatic nitrogens is 2. The first-order valence-electron chi connectivity index (χ1n) is 6.93. The van der Waals surface area contributed by atoms with E-state index in [1.807, 2.05) is 6.33 Å². The average molecular weight is 259 g/mol. The molecule has 2 N–H and O–H groups in total. The molecule has 1 fully saturated rings. The quantitative estimate of drug-likeness (QED) is 0.864. The SMILES string of the molecule is Cc1cc2ncn(CC3(O)CCNCC3)c2cc1C. The second-order valence-electron chi connectivity index (χ2n) is 5.77. The molecule has 19 heavy (non-hydrogen) atoms. The number of rotatable bonds is 2. The zero-order valence-electron chi connectivity index (χ0n) is 11.6. The standard InChI is InChI=1S/C15H21N3O/c1-11-7-13-14(8-12(11)2)18(10-17-13)9-15(19)3-5-16-6-4-15/h7-8,10,16,19H,3-6,9H2,1-2H3. The number of piperidine rings is 1. The van der Waals surface area contributed by atoms with Gasteiger partial charge in [-0.25, -0.2) is 4.98 Å². The molecular formula is C15H21N3O. The third-order valence-corrected chi connectivity index (χ3v) is 4.24. The second-order valence-corrected chi connectivity index (χ2v) is 5.77. The van der Waals surface area contributed by atoms with Crippen molar-refractivity contribution < 1.29 is 5.11 Å². The largest absolute Gasteiger partial charge is 0.388 e. The summed E-state index contributed by atoms with van der Waals surface area (Å²) in [6, 6.07) is 4.29. The van der Waals surface area contributed by atoms with E-state index >= 15 is 0 Å². The van der Waals surface area contributed by atoms with E-state index in [1.165, 1.54) is 11.1 Å². The third kappa shape index (κ3) is 2.38. The highest BCUT2D eigenvalue weighted by molar-refractivity contribution is 5.77. The van der Waals surface area contributed by atoms with Crippen LogP contribution in [0.2, 0.25) is 0 Å². The number of benzene rings is 1. The molecule has 0 radical (unpaired) electrons. The van der Waals surface area contributed by atoms with Crippen LogP contribution in [0.1, 0.15) is 24.0 Å². The van der Waals surface area contributed by atoms with Gasteiger partial charge >= 0.3 is 0 Å². The van der Waals surface area contributed by atoms with Crippen LogP contribution in [-0.2, 0) is 6.54 Å². The lowest BCUT2D eigenvalue weighted by molar-refractivity contribution is -0.00445. The van der Waals surface area contributed by atoms with Gasteiger partial charge in [0.1, 0.15) is 0 Å². The highest BCUT2D eigenvalue weighted by atomic mass is 16.3. The molecule has 2 heterocycles. The summed E-state index contributed by atoms with van der Waals surface area (Å²) in [6.45, 7) is 6.63. The van der Waals surface area contributed by atoms with Gasteiger partial charge in [-0.05, 0) is 63.0 Å². The van der Waals surface area contributed by atoms with Gasteiger partial charge in [-0.1, -0.05) is 0 Å². The Morgan fingerprint density at radius 1 is 1.26 bits per heavy atom. The minimum atomic E-state index is -0.600. The fraction of sp³-hybridized carbons (Fsp3) is 0.533. The number of nitrogens with one attached hydrogen (secondary N) is 1.